The fourth-order valence-corrected chi connectivity index (χ4v) is 1.07. The number of aromatic nitrogens is 2. The molecular formula is C8H9N3. The lowest BCUT2D eigenvalue weighted by Crippen LogP contribution is -1.90. The molecule has 0 spiro atoms. The lowest BCUT2D eigenvalue weighted by molar-refractivity contribution is 1.15. The van der Waals surface area contributed by atoms with Gasteiger partial charge in [0.05, 0.1) is 23.7 Å². The molecule has 0 unspecified atom stereocenters. The molecule has 0 fully saturated rings. The summed E-state index contributed by atoms with van der Waals surface area (Å²) in [5, 5.41) is 3.06. The maximum atomic E-state index is 4.01. The van der Waals surface area contributed by atoms with E-state index < -0.39 is 0 Å². The molecule has 0 radical (unpaired) electrons. The highest BCUT2D eigenvalue weighted by molar-refractivity contribution is 5.52. The van der Waals surface area contributed by atoms with Crippen LogP contribution in [0.5, 0.6) is 0 Å². The molecule has 2 aromatic rings. The van der Waals surface area contributed by atoms with E-state index in [-0.39, 0.29) is 0 Å². The molecule has 0 aliphatic carbocycles. The summed E-state index contributed by atoms with van der Waals surface area (Å²) >= 11 is 0. The van der Waals surface area contributed by atoms with Crippen LogP contribution in [0.1, 0.15) is 0 Å². The van der Waals surface area contributed by atoms with Gasteiger partial charge in [-0.05, 0) is 12.1 Å². The second kappa shape index (κ2) is 2.27. The molecule has 3 heteroatoms. The molecule has 11 heavy (non-hydrogen) atoms. The van der Waals surface area contributed by atoms with Gasteiger partial charge in [-0.25, -0.2) is 4.98 Å². The van der Waals surface area contributed by atoms with Gasteiger partial charge in [-0.3, -0.25) is 0 Å². The maximum absolute atomic E-state index is 4.01. The van der Waals surface area contributed by atoms with E-state index in [1.165, 1.54) is 0 Å². The lowest BCUT2D eigenvalue weighted by Gasteiger charge is -1.99. The summed E-state index contributed by atoms with van der Waals surface area (Å²) in [6.07, 6.45) is 5.62. The summed E-state index contributed by atoms with van der Waals surface area (Å²) in [7, 11) is 1.90. The fourth-order valence-electron chi connectivity index (χ4n) is 1.07. The minimum absolute atomic E-state index is 1.09. The van der Waals surface area contributed by atoms with Crippen molar-refractivity contribution in [1.29, 1.82) is 0 Å². The highest BCUT2D eigenvalue weighted by atomic mass is 15.0. The Balaban J connectivity index is 2.67. The molecular weight excluding hydrogens is 138 g/mol. The van der Waals surface area contributed by atoms with Gasteiger partial charge in [0.2, 0.25) is 0 Å². The van der Waals surface area contributed by atoms with Crippen LogP contribution in [-0.2, 0) is 0 Å². The minimum Gasteiger partial charge on any atom is -0.387 e. The van der Waals surface area contributed by atoms with E-state index in [0.29, 0.717) is 0 Å². The van der Waals surface area contributed by atoms with Crippen LogP contribution in [0.2, 0.25) is 0 Å². The molecule has 2 rings (SSSR count). The largest absolute Gasteiger partial charge is 0.387 e. The number of hydrogen-bond acceptors (Lipinski definition) is 2. The van der Waals surface area contributed by atoms with Crippen molar-refractivity contribution in [3.05, 3.63) is 30.9 Å². The number of fused-ring (bicyclic) bond motifs is 1. The Morgan fingerprint density at radius 3 is 3.18 bits per heavy atom. The number of anilines is 1. The van der Waals surface area contributed by atoms with Crippen LogP contribution in [0.3, 0.4) is 0 Å². The maximum Gasteiger partial charge on any atom is 0.0992 e. The van der Waals surface area contributed by atoms with E-state index in [0.717, 1.165) is 11.2 Å². The van der Waals surface area contributed by atoms with Crippen molar-refractivity contribution in [3.8, 4) is 0 Å². The number of hydrogen-bond donors (Lipinski definition) is 1. The van der Waals surface area contributed by atoms with Crippen LogP contribution in [0.4, 0.5) is 5.69 Å². The third kappa shape index (κ3) is 0.941. The summed E-state index contributed by atoms with van der Waals surface area (Å²) in [6, 6.07) is 4.05. The van der Waals surface area contributed by atoms with Crippen molar-refractivity contribution in [2.45, 2.75) is 0 Å². The first-order valence-electron chi connectivity index (χ1n) is 3.49. The molecule has 0 aliphatic rings. The van der Waals surface area contributed by atoms with E-state index in [4.69, 9.17) is 0 Å². The second-order valence-corrected chi connectivity index (χ2v) is 2.39. The number of nitrogens with zero attached hydrogens (tertiary/aromatic N) is 2. The van der Waals surface area contributed by atoms with Crippen LogP contribution in [0.15, 0.2) is 30.9 Å². The fraction of sp³-hybridized carbons (Fsp3) is 0.125. The molecule has 56 valence electrons. The molecule has 0 bridgehead atoms. The van der Waals surface area contributed by atoms with Gasteiger partial charge in [-0.2, -0.15) is 0 Å². The number of imidazole rings is 1. The predicted molar refractivity (Wildman–Crippen MR) is 44.7 cm³/mol. The molecule has 0 amide bonds. The molecule has 0 atom stereocenters. The topological polar surface area (TPSA) is 29.3 Å². The monoisotopic (exact) mass is 147 g/mol. The summed E-state index contributed by atoms with van der Waals surface area (Å²) in [5.74, 6) is 0. The molecule has 0 saturated heterocycles. The summed E-state index contributed by atoms with van der Waals surface area (Å²) in [4.78, 5) is 4.01. The second-order valence-electron chi connectivity index (χ2n) is 2.39. The number of rotatable bonds is 1. The Morgan fingerprint density at radius 1 is 1.45 bits per heavy atom. The molecule has 0 saturated carbocycles. The van der Waals surface area contributed by atoms with Crippen LogP contribution in [0, 0.1) is 0 Å². The Hall–Kier alpha value is -1.51. The number of pyridine rings is 1. The molecule has 0 aromatic carbocycles. The quantitative estimate of drug-likeness (QED) is 0.660. The Kier molecular flexibility index (Phi) is 1.28. The van der Waals surface area contributed by atoms with E-state index in [9.17, 15) is 0 Å². The van der Waals surface area contributed by atoms with E-state index >= 15 is 0 Å². The van der Waals surface area contributed by atoms with Gasteiger partial charge in [0.15, 0.2) is 0 Å². The smallest absolute Gasteiger partial charge is 0.0992 e. The van der Waals surface area contributed by atoms with Crippen molar-refractivity contribution in [1.82, 2.24) is 9.38 Å². The van der Waals surface area contributed by atoms with E-state index in [1.807, 2.05) is 36.0 Å². The number of nitrogens with one attached hydrogen (secondary N) is 1. The normalized spacial score (nSPS) is 10.3. The molecule has 3 nitrogen and oxygen atoms in total. The summed E-state index contributed by atoms with van der Waals surface area (Å²) in [6.45, 7) is 0. The predicted octanol–water partition coefficient (Wildman–Crippen LogP) is 1.38. The van der Waals surface area contributed by atoms with Crippen LogP contribution >= 0.6 is 0 Å². The molecule has 2 heterocycles. The Morgan fingerprint density at radius 2 is 2.36 bits per heavy atom. The van der Waals surface area contributed by atoms with Gasteiger partial charge in [0.1, 0.15) is 0 Å². The molecule has 1 N–H and O–H groups in total. The zero-order chi connectivity index (χ0) is 7.68. The van der Waals surface area contributed by atoms with Crippen LogP contribution in [0.25, 0.3) is 5.52 Å². The van der Waals surface area contributed by atoms with E-state index in [2.05, 4.69) is 10.3 Å². The molecule has 0 aliphatic heterocycles. The highest BCUT2D eigenvalue weighted by Gasteiger charge is 1.92. The van der Waals surface area contributed by atoms with Gasteiger partial charge >= 0.3 is 0 Å². The van der Waals surface area contributed by atoms with Crippen LogP contribution < -0.4 is 5.32 Å². The van der Waals surface area contributed by atoms with Crippen molar-refractivity contribution >= 4 is 11.2 Å². The van der Waals surface area contributed by atoms with Gasteiger partial charge in [0, 0.05) is 13.2 Å². The SMILES string of the molecule is CNc1ccc2cncn2c1. The lowest BCUT2D eigenvalue weighted by atomic mass is 10.4. The highest BCUT2D eigenvalue weighted by Crippen LogP contribution is 2.08. The first kappa shape index (κ1) is 6.22. The van der Waals surface area contributed by atoms with Crippen molar-refractivity contribution in [2.75, 3.05) is 12.4 Å². The van der Waals surface area contributed by atoms with Gasteiger partial charge < -0.3 is 9.72 Å². The van der Waals surface area contributed by atoms with Gasteiger partial charge in [0.25, 0.3) is 0 Å². The summed E-state index contributed by atoms with van der Waals surface area (Å²) < 4.78 is 1.98. The molecule has 2 aromatic heterocycles. The van der Waals surface area contributed by atoms with Crippen molar-refractivity contribution in [2.24, 2.45) is 0 Å². The average Bonchev–Trinajstić information content (AvgIpc) is 2.50. The standard InChI is InChI=1S/C8H9N3/c1-9-7-2-3-8-4-10-6-11(8)5-7/h2-6,9H,1H3. The van der Waals surface area contributed by atoms with Gasteiger partial charge in [-0.1, -0.05) is 0 Å². The minimum atomic E-state index is 1.09. The Labute approximate surface area is 64.7 Å². The Bertz CT molecular complexity index is 364. The summed E-state index contributed by atoms with van der Waals surface area (Å²) in [5.41, 5.74) is 2.21. The third-order valence-corrected chi connectivity index (χ3v) is 1.70. The van der Waals surface area contributed by atoms with Gasteiger partial charge in [-0.15, -0.1) is 0 Å². The third-order valence-electron chi connectivity index (χ3n) is 1.70. The first-order chi connectivity index (χ1) is 5.40. The first-order valence-corrected chi connectivity index (χ1v) is 3.49. The van der Waals surface area contributed by atoms with Crippen molar-refractivity contribution in [3.63, 3.8) is 0 Å². The van der Waals surface area contributed by atoms with Crippen LogP contribution in [-0.4, -0.2) is 16.4 Å². The zero-order valence-corrected chi connectivity index (χ0v) is 6.28. The average molecular weight is 147 g/mol. The zero-order valence-electron chi connectivity index (χ0n) is 6.28. The van der Waals surface area contributed by atoms with E-state index in [1.54, 1.807) is 6.33 Å². The van der Waals surface area contributed by atoms with Crippen molar-refractivity contribution < 1.29 is 0 Å².